The smallest absolute Gasteiger partial charge is 0.165 e. The lowest BCUT2D eigenvalue weighted by atomic mass is 10.1. The Kier molecular flexibility index (Phi) is 4.53. The number of aryl methyl sites for hydroxylation is 1. The maximum Gasteiger partial charge on any atom is 0.165 e. The Bertz CT molecular complexity index is 528. The third-order valence-corrected chi connectivity index (χ3v) is 3.04. The van der Waals surface area contributed by atoms with Crippen molar-refractivity contribution < 1.29 is 9.13 Å². The predicted octanol–water partition coefficient (Wildman–Crippen LogP) is 3.47. The van der Waals surface area contributed by atoms with Crippen LogP contribution >= 0.6 is 0 Å². The van der Waals surface area contributed by atoms with E-state index in [1.165, 1.54) is 6.07 Å². The predicted molar refractivity (Wildman–Crippen MR) is 74.9 cm³/mol. The van der Waals surface area contributed by atoms with E-state index < -0.39 is 0 Å². The molecule has 3 heteroatoms. The van der Waals surface area contributed by atoms with Gasteiger partial charge in [0.1, 0.15) is 6.61 Å². The van der Waals surface area contributed by atoms with Gasteiger partial charge in [0.15, 0.2) is 11.6 Å². The number of rotatable bonds is 5. The van der Waals surface area contributed by atoms with Crippen molar-refractivity contribution in [1.29, 1.82) is 0 Å². The van der Waals surface area contributed by atoms with Crippen LogP contribution in [-0.2, 0) is 0 Å². The molecule has 0 saturated heterocycles. The SMILES string of the molecule is CNC(COc1cc(C)ccc1F)c1ccccc1. The molecule has 0 aliphatic rings. The second-order valence-corrected chi connectivity index (χ2v) is 4.50. The molecule has 1 unspecified atom stereocenters. The number of likely N-dealkylation sites (N-methyl/N-ethyl adjacent to an activating group) is 1. The van der Waals surface area contributed by atoms with E-state index in [1.54, 1.807) is 12.1 Å². The topological polar surface area (TPSA) is 21.3 Å². The molecule has 0 heterocycles. The summed E-state index contributed by atoms with van der Waals surface area (Å²) in [5.74, 6) is -0.0234. The van der Waals surface area contributed by atoms with Gasteiger partial charge in [0.25, 0.3) is 0 Å². The van der Waals surface area contributed by atoms with Gasteiger partial charge in [-0.3, -0.25) is 0 Å². The van der Waals surface area contributed by atoms with E-state index in [2.05, 4.69) is 5.32 Å². The van der Waals surface area contributed by atoms with Gasteiger partial charge >= 0.3 is 0 Å². The molecule has 1 atom stereocenters. The van der Waals surface area contributed by atoms with Gasteiger partial charge in [0.05, 0.1) is 6.04 Å². The Morgan fingerprint density at radius 2 is 1.89 bits per heavy atom. The van der Waals surface area contributed by atoms with Crippen LogP contribution in [0.15, 0.2) is 48.5 Å². The third-order valence-electron chi connectivity index (χ3n) is 3.04. The van der Waals surface area contributed by atoms with Gasteiger partial charge in [-0.2, -0.15) is 0 Å². The van der Waals surface area contributed by atoms with E-state index in [9.17, 15) is 4.39 Å². The summed E-state index contributed by atoms with van der Waals surface area (Å²) < 4.78 is 19.2. The minimum atomic E-state index is -0.325. The van der Waals surface area contributed by atoms with Crippen LogP contribution in [0.2, 0.25) is 0 Å². The molecule has 19 heavy (non-hydrogen) atoms. The minimum absolute atomic E-state index is 0.0427. The molecule has 0 amide bonds. The average molecular weight is 259 g/mol. The molecule has 0 spiro atoms. The lowest BCUT2D eigenvalue weighted by molar-refractivity contribution is 0.261. The summed E-state index contributed by atoms with van der Waals surface area (Å²) in [5, 5.41) is 3.18. The molecule has 2 rings (SSSR count). The zero-order chi connectivity index (χ0) is 13.7. The van der Waals surface area contributed by atoms with Crippen molar-refractivity contribution in [3.8, 4) is 5.75 Å². The highest BCUT2D eigenvalue weighted by molar-refractivity contribution is 5.29. The first-order valence-electron chi connectivity index (χ1n) is 6.32. The number of benzene rings is 2. The summed E-state index contributed by atoms with van der Waals surface area (Å²) in [4.78, 5) is 0. The summed E-state index contributed by atoms with van der Waals surface area (Å²) in [6.07, 6.45) is 0. The second-order valence-electron chi connectivity index (χ2n) is 4.50. The number of ether oxygens (including phenoxy) is 1. The summed E-state index contributed by atoms with van der Waals surface area (Å²) in [5.41, 5.74) is 2.11. The second kappa shape index (κ2) is 6.34. The molecule has 100 valence electrons. The Hall–Kier alpha value is -1.87. The molecule has 0 bridgehead atoms. The van der Waals surface area contributed by atoms with Crippen molar-refractivity contribution in [1.82, 2.24) is 5.32 Å². The van der Waals surface area contributed by atoms with Gasteiger partial charge in [0, 0.05) is 0 Å². The molecule has 2 aromatic rings. The fourth-order valence-corrected chi connectivity index (χ4v) is 1.93. The zero-order valence-electron chi connectivity index (χ0n) is 11.2. The molecular weight excluding hydrogens is 241 g/mol. The Morgan fingerprint density at radius 3 is 2.58 bits per heavy atom. The molecule has 0 fully saturated rings. The largest absolute Gasteiger partial charge is 0.489 e. The number of halogens is 1. The van der Waals surface area contributed by atoms with E-state index in [4.69, 9.17) is 4.74 Å². The minimum Gasteiger partial charge on any atom is -0.489 e. The Labute approximate surface area is 113 Å². The first-order chi connectivity index (χ1) is 9.20. The molecule has 0 aliphatic heterocycles. The molecule has 2 aromatic carbocycles. The molecule has 0 radical (unpaired) electrons. The Morgan fingerprint density at radius 1 is 1.16 bits per heavy atom. The van der Waals surface area contributed by atoms with Crippen molar-refractivity contribution in [2.24, 2.45) is 0 Å². The molecule has 0 aliphatic carbocycles. The fourth-order valence-electron chi connectivity index (χ4n) is 1.93. The van der Waals surface area contributed by atoms with Crippen LogP contribution in [-0.4, -0.2) is 13.7 Å². The van der Waals surface area contributed by atoms with Crippen molar-refractivity contribution >= 4 is 0 Å². The van der Waals surface area contributed by atoms with Crippen LogP contribution in [0.1, 0.15) is 17.2 Å². The highest BCUT2D eigenvalue weighted by atomic mass is 19.1. The summed E-state index contributed by atoms with van der Waals surface area (Å²) in [6, 6.07) is 14.9. The normalized spacial score (nSPS) is 12.2. The van der Waals surface area contributed by atoms with Crippen LogP contribution in [0, 0.1) is 12.7 Å². The van der Waals surface area contributed by atoms with Gasteiger partial charge < -0.3 is 10.1 Å². The Balaban J connectivity index is 2.06. The maximum absolute atomic E-state index is 13.6. The maximum atomic E-state index is 13.6. The lowest BCUT2D eigenvalue weighted by Crippen LogP contribution is -2.23. The van der Waals surface area contributed by atoms with Crippen LogP contribution in [0.3, 0.4) is 0 Å². The molecule has 2 nitrogen and oxygen atoms in total. The molecular formula is C16H18FNO. The molecule has 1 N–H and O–H groups in total. The fraction of sp³-hybridized carbons (Fsp3) is 0.250. The highest BCUT2D eigenvalue weighted by Crippen LogP contribution is 2.20. The molecule has 0 aromatic heterocycles. The van der Waals surface area contributed by atoms with Crippen LogP contribution in [0.4, 0.5) is 4.39 Å². The first-order valence-corrected chi connectivity index (χ1v) is 6.32. The monoisotopic (exact) mass is 259 g/mol. The first kappa shape index (κ1) is 13.6. The zero-order valence-corrected chi connectivity index (χ0v) is 11.2. The van der Waals surface area contributed by atoms with Crippen LogP contribution in [0.5, 0.6) is 5.75 Å². The van der Waals surface area contributed by atoms with Crippen LogP contribution < -0.4 is 10.1 Å². The van der Waals surface area contributed by atoms with Crippen molar-refractivity contribution in [2.75, 3.05) is 13.7 Å². The lowest BCUT2D eigenvalue weighted by Gasteiger charge is -2.18. The van der Waals surface area contributed by atoms with Crippen molar-refractivity contribution in [3.63, 3.8) is 0 Å². The quantitative estimate of drug-likeness (QED) is 0.887. The third kappa shape index (κ3) is 3.55. The standard InChI is InChI=1S/C16H18FNO/c1-12-8-9-14(17)16(10-12)19-11-15(18-2)13-6-4-3-5-7-13/h3-10,15,18H,11H2,1-2H3. The van der Waals surface area contributed by atoms with E-state index in [0.29, 0.717) is 12.4 Å². The summed E-state index contributed by atoms with van der Waals surface area (Å²) in [6.45, 7) is 2.31. The summed E-state index contributed by atoms with van der Waals surface area (Å²) >= 11 is 0. The summed E-state index contributed by atoms with van der Waals surface area (Å²) in [7, 11) is 1.87. The van der Waals surface area contributed by atoms with E-state index in [0.717, 1.165) is 11.1 Å². The van der Waals surface area contributed by atoms with Crippen LogP contribution in [0.25, 0.3) is 0 Å². The van der Waals surface area contributed by atoms with E-state index in [1.807, 2.05) is 44.3 Å². The van der Waals surface area contributed by atoms with E-state index in [-0.39, 0.29) is 11.9 Å². The molecule has 0 saturated carbocycles. The van der Waals surface area contributed by atoms with E-state index >= 15 is 0 Å². The van der Waals surface area contributed by atoms with Gasteiger partial charge in [-0.1, -0.05) is 36.4 Å². The number of hydrogen-bond acceptors (Lipinski definition) is 2. The van der Waals surface area contributed by atoms with Crippen molar-refractivity contribution in [2.45, 2.75) is 13.0 Å². The van der Waals surface area contributed by atoms with Crippen molar-refractivity contribution in [3.05, 3.63) is 65.5 Å². The van der Waals surface area contributed by atoms with Gasteiger partial charge in [-0.15, -0.1) is 0 Å². The van der Waals surface area contributed by atoms with Gasteiger partial charge in [-0.05, 0) is 37.2 Å². The highest BCUT2D eigenvalue weighted by Gasteiger charge is 2.11. The van der Waals surface area contributed by atoms with Gasteiger partial charge in [-0.25, -0.2) is 4.39 Å². The number of hydrogen-bond donors (Lipinski definition) is 1. The number of nitrogens with one attached hydrogen (secondary N) is 1. The van der Waals surface area contributed by atoms with Gasteiger partial charge in [0.2, 0.25) is 0 Å². The average Bonchev–Trinajstić information content (AvgIpc) is 2.44.